The molecule has 0 saturated heterocycles. The highest BCUT2D eigenvalue weighted by Gasteiger charge is 2.25. The molecule has 0 aromatic heterocycles. The molecule has 1 atom stereocenters. The van der Waals surface area contributed by atoms with Gasteiger partial charge >= 0.3 is 0 Å². The molecule has 1 aliphatic carbocycles. The van der Waals surface area contributed by atoms with Crippen molar-refractivity contribution in [3.05, 3.63) is 47.5 Å². The summed E-state index contributed by atoms with van der Waals surface area (Å²) >= 11 is 0. The first-order chi connectivity index (χ1) is 9.34. The number of carbonyl (C=O) groups is 1. The Bertz CT molecular complexity index is 465. The average Bonchev–Trinajstić information content (AvgIpc) is 2.70. The van der Waals surface area contributed by atoms with Gasteiger partial charge in [0.05, 0.1) is 0 Å². The van der Waals surface area contributed by atoms with Gasteiger partial charge in [0.2, 0.25) is 5.91 Å². The summed E-state index contributed by atoms with van der Waals surface area (Å²) < 4.78 is 0. The summed E-state index contributed by atoms with van der Waals surface area (Å²) in [6, 6.07) is 8.60. The fraction of sp³-hybridized carbons (Fsp3) is 0.471. The lowest BCUT2D eigenvalue weighted by molar-refractivity contribution is -0.135. The Balaban J connectivity index is 1.68. The van der Waals surface area contributed by atoms with E-state index in [1.807, 2.05) is 0 Å². The van der Waals surface area contributed by atoms with Crippen molar-refractivity contribution in [2.24, 2.45) is 5.92 Å². The van der Waals surface area contributed by atoms with Crippen molar-refractivity contribution in [1.82, 2.24) is 4.90 Å². The van der Waals surface area contributed by atoms with Gasteiger partial charge < -0.3 is 4.90 Å². The molecule has 1 amide bonds. The third-order valence-corrected chi connectivity index (χ3v) is 4.35. The van der Waals surface area contributed by atoms with E-state index in [2.05, 4.69) is 41.3 Å². The maximum Gasteiger partial charge on any atom is 0.226 e. The van der Waals surface area contributed by atoms with E-state index in [9.17, 15) is 4.79 Å². The lowest BCUT2D eigenvalue weighted by atomic mass is 9.93. The van der Waals surface area contributed by atoms with Crippen LogP contribution < -0.4 is 0 Å². The Morgan fingerprint density at radius 3 is 2.32 bits per heavy atom. The molecule has 0 radical (unpaired) electrons. The summed E-state index contributed by atoms with van der Waals surface area (Å²) in [7, 11) is 0. The molecule has 1 aromatic carbocycles. The zero-order valence-corrected chi connectivity index (χ0v) is 11.3. The fourth-order valence-electron chi connectivity index (χ4n) is 3.16. The Morgan fingerprint density at radius 1 is 1.05 bits per heavy atom. The number of hydrogen-bond acceptors (Lipinski definition) is 1. The molecule has 0 bridgehead atoms. The molecule has 1 aromatic rings. The number of nitrogens with zero attached hydrogens (tertiary/aromatic N) is 1. The van der Waals surface area contributed by atoms with E-state index in [0.717, 1.165) is 45.2 Å². The van der Waals surface area contributed by atoms with E-state index in [4.69, 9.17) is 0 Å². The normalized spacial score (nSPS) is 22.7. The third-order valence-electron chi connectivity index (χ3n) is 4.35. The predicted octanol–water partition coefficient (Wildman–Crippen LogP) is 2.97. The highest BCUT2D eigenvalue weighted by Crippen LogP contribution is 2.23. The van der Waals surface area contributed by atoms with Crippen molar-refractivity contribution in [3.8, 4) is 0 Å². The van der Waals surface area contributed by atoms with Crippen molar-refractivity contribution in [1.29, 1.82) is 0 Å². The van der Waals surface area contributed by atoms with E-state index in [-0.39, 0.29) is 5.92 Å². The largest absolute Gasteiger partial charge is 0.342 e. The van der Waals surface area contributed by atoms with E-state index in [1.54, 1.807) is 0 Å². The van der Waals surface area contributed by atoms with Crippen LogP contribution in [0.3, 0.4) is 0 Å². The van der Waals surface area contributed by atoms with Gasteiger partial charge in [0.15, 0.2) is 0 Å². The van der Waals surface area contributed by atoms with Crippen LogP contribution in [0.4, 0.5) is 0 Å². The Labute approximate surface area is 115 Å². The number of amides is 1. The molecule has 2 nitrogen and oxygen atoms in total. The first kappa shape index (κ1) is 12.5. The summed E-state index contributed by atoms with van der Waals surface area (Å²) in [5, 5.41) is 0. The molecule has 0 fully saturated rings. The zero-order chi connectivity index (χ0) is 13.1. The molecule has 2 aliphatic rings. The van der Waals surface area contributed by atoms with Crippen molar-refractivity contribution in [2.45, 2.75) is 32.1 Å². The van der Waals surface area contributed by atoms with Gasteiger partial charge in [-0.15, -0.1) is 0 Å². The van der Waals surface area contributed by atoms with Crippen LogP contribution in [0, 0.1) is 5.92 Å². The van der Waals surface area contributed by atoms with Crippen LogP contribution in [0.5, 0.6) is 0 Å². The number of fused-ring (bicyclic) bond motifs is 1. The number of hydrogen-bond donors (Lipinski definition) is 0. The number of rotatable bonds is 1. The molecule has 100 valence electrons. The molecule has 0 saturated carbocycles. The summed E-state index contributed by atoms with van der Waals surface area (Å²) in [4.78, 5) is 14.6. The fourth-order valence-corrected chi connectivity index (χ4v) is 3.16. The summed E-state index contributed by atoms with van der Waals surface area (Å²) in [6.45, 7) is 1.77. The van der Waals surface area contributed by atoms with Gasteiger partial charge in [0, 0.05) is 19.0 Å². The van der Waals surface area contributed by atoms with Gasteiger partial charge in [-0.25, -0.2) is 0 Å². The third kappa shape index (κ3) is 2.73. The molecule has 1 heterocycles. The van der Waals surface area contributed by atoms with E-state index in [1.165, 1.54) is 11.1 Å². The summed E-state index contributed by atoms with van der Waals surface area (Å²) in [5.74, 6) is 0.600. The molecular weight excluding hydrogens is 234 g/mol. The van der Waals surface area contributed by atoms with Gasteiger partial charge in [-0.05, 0) is 43.2 Å². The zero-order valence-electron chi connectivity index (χ0n) is 11.3. The highest BCUT2D eigenvalue weighted by atomic mass is 16.2. The maximum absolute atomic E-state index is 12.5. The standard InChI is InChI=1S/C17H21NO/c19-17(16-8-2-1-3-9-16)18-12-10-14-6-4-5-7-15(14)11-13-18/h1-2,4-7,16H,3,8-13H2. The summed E-state index contributed by atoms with van der Waals surface area (Å²) in [5.41, 5.74) is 2.84. The lowest BCUT2D eigenvalue weighted by Gasteiger charge is -2.26. The molecule has 1 aliphatic heterocycles. The van der Waals surface area contributed by atoms with E-state index in [0.29, 0.717) is 5.91 Å². The maximum atomic E-state index is 12.5. The van der Waals surface area contributed by atoms with E-state index < -0.39 is 0 Å². The predicted molar refractivity (Wildman–Crippen MR) is 76.9 cm³/mol. The molecule has 0 spiro atoms. The second-order valence-corrected chi connectivity index (χ2v) is 5.58. The molecule has 0 N–H and O–H groups in total. The van der Waals surface area contributed by atoms with Gasteiger partial charge in [-0.3, -0.25) is 4.79 Å². The van der Waals surface area contributed by atoms with Crippen molar-refractivity contribution in [2.75, 3.05) is 13.1 Å². The topological polar surface area (TPSA) is 20.3 Å². The van der Waals surface area contributed by atoms with Crippen molar-refractivity contribution >= 4 is 5.91 Å². The first-order valence-electron chi connectivity index (χ1n) is 7.35. The molecule has 1 unspecified atom stereocenters. The molecule has 3 rings (SSSR count). The van der Waals surface area contributed by atoms with Crippen LogP contribution >= 0.6 is 0 Å². The van der Waals surface area contributed by atoms with E-state index >= 15 is 0 Å². The van der Waals surface area contributed by atoms with Crippen LogP contribution in [-0.4, -0.2) is 23.9 Å². The van der Waals surface area contributed by atoms with Crippen molar-refractivity contribution < 1.29 is 4.79 Å². The number of allylic oxidation sites excluding steroid dienone is 2. The second kappa shape index (κ2) is 5.60. The van der Waals surface area contributed by atoms with Crippen LogP contribution in [0.2, 0.25) is 0 Å². The smallest absolute Gasteiger partial charge is 0.226 e. The van der Waals surface area contributed by atoms with Gasteiger partial charge in [0.1, 0.15) is 0 Å². The Morgan fingerprint density at radius 2 is 1.74 bits per heavy atom. The van der Waals surface area contributed by atoms with Crippen LogP contribution in [0.1, 0.15) is 30.4 Å². The van der Waals surface area contributed by atoms with Crippen molar-refractivity contribution in [3.63, 3.8) is 0 Å². The number of benzene rings is 1. The van der Waals surface area contributed by atoms with Crippen LogP contribution in [0.15, 0.2) is 36.4 Å². The van der Waals surface area contributed by atoms with Gasteiger partial charge in [-0.1, -0.05) is 36.4 Å². The first-order valence-corrected chi connectivity index (χ1v) is 7.35. The Kier molecular flexibility index (Phi) is 3.67. The molecular formula is C17H21NO. The van der Waals surface area contributed by atoms with Gasteiger partial charge in [-0.2, -0.15) is 0 Å². The minimum absolute atomic E-state index is 0.228. The minimum Gasteiger partial charge on any atom is -0.342 e. The van der Waals surface area contributed by atoms with Crippen LogP contribution in [-0.2, 0) is 17.6 Å². The monoisotopic (exact) mass is 255 g/mol. The number of carbonyl (C=O) groups excluding carboxylic acids is 1. The quantitative estimate of drug-likeness (QED) is 0.706. The molecule has 19 heavy (non-hydrogen) atoms. The minimum atomic E-state index is 0.228. The SMILES string of the molecule is O=C(C1CC=CCC1)N1CCc2ccccc2CC1. The highest BCUT2D eigenvalue weighted by molar-refractivity contribution is 5.79. The summed E-state index contributed by atoms with van der Waals surface area (Å²) in [6.07, 6.45) is 9.39. The lowest BCUT2D eigenvalue weighted by Crippen LogP contribution is -2.38. The van der Waals surface area contributed by atoms with Gasteiger partial charge in [0.25, 0.3) is 0 Å². The Hall–Kier alpha value is -1.57. The second-order valence-electron chi connectivity index (χ2n) is 5.58. The molecule has 2 heteroatoms. The van der Waals surface area contributed by atoms with Crippen LogP contribution in [0.25, 0.3) is 0 Å². The average molecular weight is 255 g/mol.